The number of fused-ring (bicyclic) bond motifs is 1. The van der Waals surface area contributed by atoms with E-state index in [1.54, 1.807) is 0 Å². The molecule has 2 saturated heterocycles. The lowest BCUT2D eigenvalue weighted by Gasteiger charge is -2.28. The number of hydrogen-bond acceptors (Lipinski definition) is 6. The van der Waals surface area contributed by atoms with Crippen LogP contribution < -0.4 is 10.2 Å². The predicted octanol–water partition coefficient (Wildman–Crippen LogP) is 1.92. The smallest absolute Gasteiger partial charge is 0.251 e. The van der Waals surface area contributed by atoms with Crippen molar-refractivity contribution >= 4 is 22.5 Å². The van der Waals surface area contributed by atoms with Gasteiger partial charge < -0.3 is 19.7 Å². The Balaban J connectivity index is 1.31. The number of nitrogens with one attached hydrogen (secondary N) is 1. The molecule has 5 rings (SSSR count). The highest BCUT2D eigenvalue weighted by atomic mass is 16.5. The second-order valence-electron chi connectivity index (χ2n) is 8.16. The quantitative estimate of drug-likeness (QED) is 0.638. The van der Waals surface area contributed by atoms with Crippen LogP contribution in [0.3, 0.4) is 0 Å². The van der Waals surface area contributed by atoms with E-state index in [1.165, 1.54) is 5.69 Å². The first-order valence-corrected chi connectivity index (χ1v) is 11.3. The first-order valence-electron chi connectivity index (χ1n) is 11.3. The lowest BCUT2D eigenvalue weighted by Crippen LogP contribution is -2.41. The molecule has 1 amide bonds. The predicted molar refractivity (Wildman–Crippen MR) is 124 cm³/mol. The van der Waals surface area contributed by atoms with Gasteiger partial charge in [0.25, 0.3) is 5.91 Å². The molecule has 8 heteroatoms. The first-order chi connectivity index (χ1) is 15.8. The van der Waals surface area contributed by atoms with E-state index in [9.17, 15) is 4.79 Å². The van der Waals surface area contributed by atoms with E-state index in [0.29, 0.717) is 12.1 Å². The maximum Gasteiger partial charge on any atom is 0.251 e. The summed E-state index contributed by atoms with van der Waals surface area (Å²) < 4.78 is 12.8. The maximum atomic E-state index is 12.7. The van der Waals surface area contributed by atoms with Crippen molar-refractivity contribution in [2.24, 2.45) is 0 Å². The molecule has 1 aromatic heterocycles. The zero-order valence-corrected chi connectivity index (χ0v) is 18.2. The van der Waals surface area contributed by atoms with Crippen LogP contribution in [0.1, 0.15) is 10.4 Å². The van der Waals surface area contributed by atoms with Crippen molar-refractivity contribution < 1.29 is 14.3 Å². The van der Waals surface area contributed by atoms with Gasteiger partial charge in [0, 0.05) is 55.9 Å². The molecule has 0 atom stereocenters. The molecule has 2 fully saturated rings. The van der Waals surface area contributed by atoms with Crippen LogP contribution in [0.25, 0.3) is 16.6 Å². The Labute approximate surface area is 187 Å². The number of ether oxygens (including phenoxy) is 2. The topological polar surface area (TPSA) is 71.9 Å². The fourth-order valence-electron chi connectivity index (χ4n) is 4.26. The number of amides is 1. The number of benzene rings is 2. The van der Waals surface area contributed by atoms with E-state index in [0.717, 1.165) is 75.7 Å². The van der Waals surface area contributed by atoms with Crippen molar-refractivity contribution in [1.82, 2.24) is 20.0 Å². The molecule has 0 unspecified atom stereocenters. The number of aromatic nitrogens is 2. The third-order valence-corrected chi connectivity index (χ3v) is 6.10. The summed E-state index contributed by atoms with van der Waals surface area (Å²) in [5.74, 6) is -0.0643. The van der Waals surface area contributed by atoms with E-state index in [-0.39, 0.29) is 5.91 Å². The molecule has 0 spiro atoms. The van der Waals surface area contributed by atoms with Crippen LogP contribution in [0.15, 0.2) is 48.7 Å². The summed E-state index contributed by atoms with van der Waals surface area (Å²) in [7, 11) is 0. The minimum Gasteiger partial charge on any atom is -0.379 e. The molecular weight excluding hydrogens is 406 g/mol. The molecule has 168 valence electrons. The highest BCUT2D eigenvalue weighted by Gasteiger charge is 2.15. The molecule has 2 aromatic carbocycles. The third-order valence-electron chi connectivity index (χ3n) is 6.10. The van der Waals surface area contributed by atoms with Crippen molar-refractivity contribution in [1.29, 1.82) is 0 Å². The van der Waals surface area contributed by atoms with E-state index >= 15 is 0 Å². The Morgan fingerprint density at radius 3 is 2.53 bits per heavy atom. The summed E-state index contributed by atoms with van der Waals surface area (Å²) >= 11 is 0. The van der Waals surface area contributed by atoms with E-state index < -0.39 is 0 Å². The Kier molecular flexibility index (Phi) is 6.34. The third kappa shape index (κ3) is 4.62. The number of anilines is 1. The largest absolute Gasteiger partial charge is 0.379 e. The van der Waals surface area contributed by atoms with Crippen molar-refractivity contribution in [2.45, 2.75) is 0 Å². The summed E-state index contributed by atoms with van der Waals surface area (Å²) in [6.07, 6.45) is 1.87. The van der Waals surface area contributed by atoms with Crippen LogP contribution in [0.2, 0.25) is 0 Å². The lowest BCUT2D eigenvalue weighted by molar-refractivity contribution is 0.0383. The minimum atomic E-state index is -0.0643. The highest BCUT2D eigenvalue weighted by molar-refractivity contribution is 5.95. The number of nitrogens with zero attached hydrogens (tertiary/aromatic N) is 4. The molecular formula is C24H29N5O3. The van der Waals surface area contributed by atoms with E-state index in [2.05, 4.69) is 38.4 Å². The number of hydrogen-bond donors (Lipinski definition) is 1. The number of carbonyl (C=O) groups excluding carboxylic acids is 1. The zero-order valence-electron chi connectivity index (χ0n) is 18.2. The van der Waals surface area contributed by atoms with E-state index in [4.69, 9.17) is 9.47 Å². The lowest BCUT2D eigenvalue weighted by atomic mass is 10.1. The Bertz CT molecular complexity index is 1070. The number of morpholine rings is 2. The minimum absolute atomic E-state index is 0.0643. The fraction of sp³-hybridized carbons (Fsp3) is 0.417. The van der Waals surface area contributed by atoms with Gasteiger partial charge in [-0.3, -0.25) is 9.69 Å². The van der Waals surface area contributed by atoms with Gasteiger partial charge in [0.1, 0.15) is 0 Å². The van der Waals surface area contributed by atoms with Gasteiger partial charge in [-0.15, -0.1) is 0 Å². The fourth-order valence-corrected chi connectivity index (χ4v) is 4.26. The second-order valence-corrected chi connectivity index (χ2v) is 8.16. The summed E-state index contributed by atoms with van der Waals surface area (Å²) in [6.45, 7) is 8.11. The first kappa shape index (κ1) is 20.9. The molecule has 0 bridgehead atoms. The average Bonchev–Trinajstić information content (AvgIpc) is 3.29. The van der Waals surface area contributed by atoms with Crippen molar-refractivity contribution in [2.75, 3.05) is 70.6 Å². The van der Waals surface area contributed by atoms with Crippen molar-refractivity contribution in [3.8, 4) is 5.69 Å². The number of carbonyl (C=O) groups is 1. The Morgan fingerprint density at radius 1 is 0.938 bits per heavy atom. The zero-order chi connectivity index (χ0) is 21.8. The molecule has 0 aliphatic carbocycles. The molecule has 0 saturated carbocycles. The van der Waals surface area contributed by atoms with E-state index in [1.807, 2.05) is 35.1 Å². The summed E-state index contributed by atoms with van der Waals surface area (Å²) in [5.41, 5.74) is 3.70. The van der Waals surface area contributed by atoms with Crippen LogP contribution in [-0.4, -0.2) is 86.3 Å². The van der Waals surface area contributed by atoms with Gasteiger partial charge in [-0.2, -0.15) is 5.10 Å². The van der Waals surface area contributed by atoms with Gasteiger partial charge in [-0.25, -0.2) is 4.68 Å². The van der Waals surface area contributed by atoms with Gasteiger partial charge in [0.2, 0.25) is 0 Å². The van der Waals surface area contributed by atoms with Crippen LogP contribution >= 0.6 is 0 Å². The summed E-state index contributed by atoms with van der Waals surface area (Å²) in [6, 6.07) is 14.0. The van der Waals surface area contributed by atoms with Gasteiger partial charge >= 0.3 is 0 Å². The summed E-state index contributed by atoms with van der Waals surface area (Å²) in [4.78, 5) is 17.4. The Hall–Kier alpha value is -2.94. The van der Waals surface area contributed by atoms with Crippen molar-refractivity contribution in [3.05, 3.63) is 54.2 Å². The molecule has 1 N–H and O–H groups in total. The molecule has 8 nitrogen and oxygen atoms in total. The maximum absolute atomic E-state index is 12.7. The second kappa shape index (κ2) is 9.68. The van der Waals surface area contributed by atoms with Crippen LogP contribution in [0.5, 0.6) is 0 Å². The normalized spacial score (nSPS) is 17.6. The summed E-state index contributed by atoms with van der Waals surface area (Å²) in [5, 5.41) is 8.71. The van der Waals surface area contributed by atoms with Gasteiger partial charge in [0.05, 0.1) is 43.8 Å². The Morgan fingerprint density at radius 2 is 1.72 bits per heavy atom. The van der Waals surface area contributed by atoms with Gasteiger partial charge in [-0.05, 0) is 36.4 Å². The molecule has 3 aromatic rings. The van der Waals surface area contributed by atoms with Crippen molar-refractivity contribution in [3.63, 3.8) is 0 Å². The molecule has 2 aliphatic heterocycles. The molecule has 2 aliphatic rings. The average molecular weight is 436 g/mol. The van der Waals surface area contributed by atoms with Crippen LogP contribution in [0, 0.1) is 0 Å². The van der Waals surface area contributed by atoms with Crippen LogP contribution in [0.4, 0.5) is 5.69 Å². The molecule has 0 radical (unpaired) electrons. The van der Waals surface area contributed by atoms with Gasteiger partial charge in [0.15, 0.2) is 0 Å². The van der Waals surface area contributed by atoms with Gasteiger partial charge in [-0.1, -0.05) is 6.07 Å². The SMILES string of the molecule is O=C(NCCN1CCOCC1)c1cccc(-n2ncc3ccc(N4CCOCC4)cc32)c1. The number of rotatable bonds is 6. The standard InChI is InChI=1S/C24H29N5O3/c30-24(25-6-7-27-8-12-31-13-9-27)19-2-1-3-22(16-19)29-23-17-21(5-4-20(23)18-26-29)28-10-14-32-15-11-28/h1-5,16-18H,6-15H2,(H,25,30). The highest BCUT2D eigenvalue weighted by Crippen LogP contribution is 2.25. The molecule has 3 heterocycles. The molecule has 32 heavy (non-hydrogen) atoms. The monoisotopic (exact) mass is 435 g/mol. The van der Waals surface area contributed by atoms with Crippen LogP contribution in [-0.2, 0) is 9.47 Å².